The van der Waals surface area contributed by atoms with Gasteiger partial charge >= 0.3 is 0 Å². The number of carbonyl (C=O) groups is 1. The predicted molar refractivity (Wildman–Crippen MR) is 103 cm³/mol. The Balaban J connectivity index is 0.00000156. The molecule has 1 atom stereocenters. The van der Waals surface area contributed by atoms with Crippen LogP contribution in [0.2, 0.25) is 5.02 Å². The van der Waals surface area contributed by atoms with Gasteiger partial charge in [0.15, 0.2) is 0 Å². The summed E-state index contributed by atoms with van der Waals surface area (Å²) >= 11 is 6.09. The molecule has 2 aliphatic heterocycles. The van der Waals surface area contributed by atoms with Crippen molar-refractivity contribution in [2.75, 3.05) is 39.3 Å². The summed E-state index contributed by atoms with van der Waals surface area (Å²) in [7, 11) is 0. The number of benzene rings is 1. The first-order valence-electron chi connectivity index (χ1n) is 8.20. The summed E-state index contributed by atoms with van der Waals surface area (Å²) in [5, 5.41) is 3.69. The van der Waals surface area contributed by atoms with Gasteiger partial charge in [0.25, 0.3) is 0 Å². The Morgan fingerprint density at radius 2 is 1.92 bits per heavy atom. The lowest BCUT2D eigenvalue weighted by atomic mass is 9.88. The summed E-state index contributed by atoms with van der Waals surface area (Å²) in [4.78, 5) is 16.7. The van der Waals surface area contributed by atoms with Gasteiger partial charge < -0.3 is 10.2 Å². The lowest BCUT2D eigenvalue weighted by Gasteiger charge is -2.39. The van der Waals surface area contributed by atoms with Gasteiger partial charge in [-0.3, -0.25) is 9.69 Å². The highest BCUT2D eigenvalue weighted by Gasteiger charge is 2.32. The van der Waals surface area contributed by atoms with Crippen LogP contribution in [-0.4, -0.2) is 55.0 Å². The highest BCUT2D eigenvalue weighted by molar-refractivity contribution is 6.31. The highest BCUT2D eigenvalue weighted by Crippen LogP contribution is 2.22. The van der Waals surface area contributed by atoms with Crippen LogP contribution in [0.3, 0.4) is 0 Å². The molecule has 0 bridgehead atoms. The zero-order chi connectivity index (χ0) is 16.4. The zero-order valence-corrected chi connectivity index (χ0v) is 16.6. The molecule has 2 fully saturated rings. The van der Waals surface area contributed by atoms with E-state index in [2.05, 4.69) is 10.2 Å². The van der Waals surface area contributed by atoms with Gasteiger partial charge in [0.1, 0.15) is 5.82 Å². The van der Waals surface area contributed by atoms with Crippen LogP contribution in [0.1, 0.15) is 12.5 Å². The Kier molecular flexibility index (Phi) is 8.92. The average Bonchev–Trinajstić information content (AvgIpc) is 2.48. The van der Waals surface area contributed by atoms with Crippen molar-refractivity contribution in [3.63, 3.8) is 0 Å². The summed E-state index contributed by atoms with van der Waals surface area (Å²) in [6.45, 7) is 7.81. The third-order valence-electron chi connectivity index (χ3n) is 5.00. The fourth-order valence-electron chi connectivity index (χ4n) is 3.17. The molecule has 4 nitrogen and oxygen atoms in total. The Morgan fingerprint density at radius 1 is 1.28 bits per heavy atom. The van der Waals surface area contributed by atoms with Crippen molar-refractivity contribution < 1.29 is 9.18 Å². The van der Waals surface area contributed by atoms with Crippen LogP contribution >= 0.6 is 36.4 Å². The number of hydrogen-bond acceptors (Lipinski definition) is 3. The van der Waals surface area contributed by atoms with Gasteiger partial charge in [-0.15, -0.1) is 24.8 Å². The van der Waals surface area contributed by atoms with Crippen LogP contribution in [0, 0.1) is 17.7 Å². The van der Waals surface area contributed by atoms with Gasteiger partial charge in [-0.25, -0.2) is 4.39 Å². The minimum absolute atomic E-state index is 0. The number of carbonyl (C=O) groups excluding carboxylic acids is 1. The predicted octanol–water partition coefficient (Wildman–Crippen LogP) is 2.82. The van der Waals surface area contributed by atoms with Gasteiger partial charge in [0.05, 0.1) is 0 Å². The molecule has 142 valence electrons. The van der Waals surface area contributed by atoms with Crippen LogP contribution in [0.15, 0.2) is 18.2 Å². The molecule has 2 heterocycles. The molecular formula is C17H25Cl3FN3O. The third-order valence-corrected chi connectivity index (χ3v) is 5.35. The van der Waals surface area contributed by atoms with Crippen molar-refractivity contribution in [2.45, 2.75) is 13.5 Å². The molecule has 0 radical (unpaired) electrons. The van der Waals surface area contributed by atoms with E-state index in [0.717, 1.165) is 44.8 Å². The molecular weight excluding hydrogens is 388 g/mol. The molecule has 1 unspecified atom stereocenters. The smallest absolute Gasteiger partial charge is 0.225 e. The van der Waals surface area contributed by atoms with E-state index in [0.29, 0.717) is 17.5 Å². The van der Waals surface area contributed by atoms with Crippen LogP contribution < -0.4 is 5.32 Å². The van der Waals surface area contributed by atoms with E-state index < -0.39 is 0 Å². The normalized spacial score (nSPS) is 19.4. The van der Waals surface area contributed by atoms with Crippen molar-refractivity contribution in [1.82, 2.24) is 15.1 Å². The first-order chi connectivity index (χ1) is 11.0. The van der Waals surface area contributed by atoms with E-state index in [1.165, 1.54) is 12.1 Å². The number of amides is 1. The van der Waals surface area contributed by atoms with E-state index in [1.807, 2.05) is 11.8 Å². The van der Waals surface area contributed by atoms with Gasteiger partial charge in [-0.2, -0.15) is 0 Å². The Hall–Kier alpha value is -0.590. The molecule has 1 N–H and O–H groups in total. The molecule has 2 saturated heterocycles. The van der Waals surface area contributed by atoms with E-state index in [4.69, 9.17) is 11.6 Å². The Morgan fingerprint density at radius 3 is 2.44 bits per heavy atom. The van der Waals surface area contributed by atoms with E-state index >= 15 is 0 Å². The fourth-order valence-corrected chi connectivity index (χ4v) is 3.40. The van der Waals surface area contributed by atoms with Gasteiger partial charge in [-0.1, -0.05) is 24.6 Å². The molecule has 3 rings (SSSR count). The van der Waals surface area contributed by atoms with E-state index in [1.54, 1.807) is 6.07 Å². The van der Waals surface area contributed by atoms with E-state index in [9.17, 15) is 9.18 Å². The van der Waals surface area contributed by atoms with Gasteiger partial charge in [0, 0.05) is 43.7 Å². The molecule has 0 aromatic heterocycles. The summed E-state index contributed by atoms with van der Waals surface area (Å²) in [5.41, 5.74) is 0.932. The highest BCUT2D eigenvalue weighted by atomic mass is 35.5. The topological polar surface area (TPSA) is 35.6 Å². The van der Waals surface area contributed by atoms with Crippen molar-refractivity contribution in [1.29, 1.82) is 0 Å². The number of hydrogen-bond donors (Lipinski definition) is 1. The van der Waals surface area contributed by atoms with Crippen LogP contribution in [0.5, 0.6) is 0 Å². The maximum atomic E-state index is 13.1. The van der Waals surface area contributed by atoms with Crippen molar-refractivity contribution >= 4 is 42.3 Å². The largest absolute Gasteiger partial charge is 0.340 e. The number of piperazine rings is 1. The summed E-state index contributed by atoms with van der Waals surface area (Å²) < 4.78 is 13.1. The van der Waals surface area contributed by atoms with Crippen LogP contribution in [0.4, 0.5) is 4.39 Å². The maximum Gasteiger partial charge on any atom is 0.225 e. The summed E-state index contributed by atoms with van der Waals surface area (Å²) in [6.07, 6.45) is 0. The molecule has 25 heavy (non-hydrogen) atoms. The molecule has 1 aromatic carbocycles. The molecule has 0 aliphatic carbocycles. The average molecular weight is 413 g/mol. The monoisotopic (exact) mass is 411 g/mol. The number of halogens is 4. The molecule has 2 aliphatic rings. The molecule has 0 saturated carbocycles. The number of nitrogens with zero attached hydrogens (tertiary/aromatic N) is 2. The van der Waals surface area contributed by atoms with E-state index in [-0.39, 0.29) is 42.5 Å². The third kappa shape index (κ3) is 5.44. The van der Waals surface area contributed by atoms with Crippen molar-refractivity contribution in [3.8, 4) is 0 Å². The maximum absolute atomic E-state index is 13.1. The SMILES string of the molecule is CC(C(=O)N1CCN(Cc2ccc(F)cc2Cl)CC1)C1CNC1.Cl.Cl. The fraction of sp³-hybridized carbons (Fsp3) is 0.588. The Labute approximate surface area is 165 Å². The quantitative estimate of drug-likeness (QED) is 0.826. The molecule has 1 aromatic rings. The van der Waals surface area contributed by atoms with Crippen LogP contribution in [0.25, 0.3) is 0 Å². The number of nitrogens with one attached hydrogen (secondary N) is 1. The van der Waals surface area contributed by atoms with Crippen LogP contribution in [-0.2, 0) is 11.3 Å². The van der Waals surface area contributed by atoms with Crippen molar-refractivity contribution in [2.24, 2.45) is 11.8 Å². The molecule has 1 amide bonds. The molecule has 0 spiro atoms. The Bertz CT molecular complexity index is 578. The minimum Gasteiger partial charge on any atom is -0.340 e. The lowest BCUT2D eigenvalue weighted by Crippen LogP contribution is -2.54. The van der Waals surface area contributed by atoms with Gasteiger partial charge in [-0.05, 0) is 36.7 Å². The zero-order valence-electron chi connectivity index (χ0n) is 14.2. The summed E-state index contributed by atoms with van der Waals surface area (Å²) in [6, 6.07) is 4.53. The van der Waals surface area contributed by atoms with Crippen molar-refractivity contribution in [3.05, 3.63) is 34.6 Å². The minimum atomic E-state index is -0.311. The van der Waals surface area contributed by atoms with Gasteiger partial charge in [0.2, 0.25) is 5.91 Å². The second-order valence-electron chi connectivity index (χ2n) is 6.54. The standard InChI is InChI=1S/C17H23ClFN3O.2ClH/c1-12(14-9-20-10-14)17(23)22-6-4-21(5-7-22)11-13-2-3-15(19)8-16(13)18;;/h2-3,8,12,14,20H,4-7,9-11H2,1H3;2*1H. The second kappa shape index (κ2) is 9.93. The summed E-state index contributed by atoms with van der Waals surface area (Å²) in [5.74, 6) is 0.553. The number of rotatable bonds is 4. The lowest BCUT2D eigenvalue weighted by molar-refractivity contribution is -0.139. The first-order valence-corrected chi connectivity index (χ1v) is 8.58. The first kappa shape index (κ1) is 22.5. The molecule has 8 heteroatoms. The second-order valence-corrected chi connectivity index (χ2v) is 6.95.